The third-order valence-corrected chi connectivity index (χ3v) is 5.79. The molecule has 4 rings (SSSR count). The first kappa shape index (κ1) is 20.3. The number of amides is 1. The van der Waals surface area contributed by atoms with Crippen molar-refractivity contribution in [1.82, 2.24) is 19.7 Å². The standard InChI is InChI=1S/C22H22ClFN4O2/c23-17-7-5-15(6-8-17)14-21(29)27-11-9-16(10-12-27)13-20-25-26-22(30)28(20)19-4-2-1-3-18(19)24/h1-8,16H,9-14H2,(H,26,30). The maximum atomic E-state index is 14.2. The number of aromatic nitrogens is 3. The second-order valence-electron chi connectivity index (χ2n) is 7.56. The topological polar surface area (TPSA) is 71.0 Å². The van der Waals surface area contributed by atoms with E-state index in [2.05, 4.69) is 10.2 Å². The maximum absolute atomic E-state index is 14.2. The molecule has 8 heteroatoms. The maximum Gasteiger partial charge on any atom is 0.348 e. The van der Waals surface area contributed by atoms with Gasteiger partial charge in [-0.3, -0.25) is 4.79 Å². The molecule has 0 spiro atoms. The minimum absolute atomic E-state index is 0.0961. The van der Waals surface area contributed by atoms with E-state index in [9.17, 15) is 14.0 Å². The molecule has 0 aliphatic carbocycles. The van der Waals surface area contributed by atoms with E-state index in [1.54, 1.807) is 30.3 Å². The molecule has 6 nitrogen and oxygen atoms in total. The highest BCUT2D eigenvalue weighted by atomic mass is 35.5. The van der Waals surface area contributed by atoms with Crippen molar-refractivity contribution in [1.29, 1.82) is 0 Å². The van der Waals surface area contributed by atoms with Crippen molar-refractivity contribution in [2.75, 3.05) is 13.1 Å². The Kier molecular flexibility index (Phi) is 5.99. The molecule has 0 bridgehead atoms. The van der Waals surface area contributed by atoms with Crippen LogP contribution >= 0.6 is 11.6 Å². The first-order chi connectivity index (χ1) is 14.5. The van der Waals surface area contributed by atoms with Crippen molar-refractivity contribution in [3.05, 3.63) is 81.2 Å². The van der Waals surface area contributed by atoms with Crippen molar-refractivity contribution in [2.24, 2.45) is 5.92 Å². The second kappa shape index (κ2) is 8.83. The summed E-state index contributed by atoms with van der Waals surface area (Å²) in [5.41, 5.74) is 0.685. The zero-order valence-electron chi connectivity index (χ0n) is 16.4. The third-order valence-electron chi connectivity index (χ3n) is 5.54. The predicted octanol–water partition coefficient (Wildman–Crippen LogP) is 3.38. The molecule has 1 saturated heterocycles. The third kappa shape index (κ3) is 4.46. The van der Waals surface area contributed by atoms with Gasteiger partial charge in [-0.05, 0) is 48.6 Å². The fourth-order valence-corrected chi connectivity index (χ4v) is 4.01. The van der Waals surface area contributed by atoms with E-state index in [0.717, 1.165) is 18.4 Å². The largest absolute Gasteiger partial charge is 0.348 e. The van der Waals surface area contributed by atoms with Gasteiger partial charge in [-0.25, -0.2) is 18.9 Å². The molecule has 0 atom stereocenters. The Morgan fingerprint density at radius 3 is 2.53 bits per heavy atom. The van der Waals surface area contributed by atoms with Gasteiger partial charge in [0.2, 0.25) is 5.91 Å². The number of H-pyrrole nitrogens is 1. The van der Waals surface area contributed by atoms with Crippen molar-refractivity contribution in [2.45, 2.75) is 25.7 Å². The molecule has 1 aromatic heterocycles. The summed E-state index contributed by atoms with van der Waals surface area (Å²) in [5, 5.41) is 7.19. The van der Waals surface area contributed by atoms with E-state index >= 15 is 0 Å². The number of benzene rings is 2. The first-order valence-electron chi connectivity index (χ1n) is 9.94. The van der Waals surface area contributed by atoms with Crippen LogP contribution in [0.15, 0.2) is 53.3 Å². The number of piperidine rings is 1. The SMILES string of the molecule is O=C(Cc1ccc(Cl)cc1)N1CCC(Cc2n[nH]c(=O)n2-c2ccccc2F)CC1. The van der Waals surface area contributed by atoms with E-state index < -0.39 is 11.5 Å². The van der Waals surface area contributed by atoms with E-state index in [4.69, 9.17) is 11.6 Å². The Morgan fingerprint density at radius 2 is 1.83 bits per heavy atom. The number of para-hydroxylation sites is 1. The first-order valence-corrected chi connectivity index (χ1v) is 10.3. The molecule has 3 aromatic rings. The molecule has 30 heavy (non-hydrogen) atoms. The van der Waals surface area contributed by atoms with Gasteiger partial charge in [0.25, 0.3) is 0 Å². The Hall–Kier alpha value is -2.93. The van der Waals surface area contributed by atoms with E-state index in [-0.39, 0.29) is 17.5 Å². The van der Waals surface area contributed by atoms with Gasteiger partial charge in [0.05, 0.1) is 12.1 Å². The van der Waals surface area contributed by atoms with Gasteiger partial charge in [-0.15, -0.1) is 0 Å². The minimum atomic E-state index is -0.468. The normalized spacial score (nSPS) is 14.8. The quantitative estimate of drug-likeness (QED) is 0.677. The van der Waals surface area contributed by atoms with Crippen LogP contribution in [0.4, 0.5) is 4.39 Å². The van der Waals surface area contributed by atoms with E-state index in [0.29, 0.717) is 36.8 Å². The average molecular weight is 429 g/mol. The summed E-state index contributed by atoms with van der Waals surface area (Å²) in [6.07, 6.45) is 2.52. The molecule has 2 aromatic carbocycles. The predicted molar refractivity (Wildman–Crippen MR) is 112 cm³/mol. The highest BCUT2D eigenvalue weighted by Gasteiger charge is 2.25. The van der Waals surface area contributed by atoms with E-state index in [1.807, 2.05) is 17.0 Å². The molecule has 1 aliphatic heterocycles. The molecular weight excluding hydrogens is 407 g/mol. The number of carbonyl (C=O) groups is 1. The lowest BCUT2D eigenvalue weighted by atomic mass is 9.93. The monoisotopic (exact) mass is 428 g/mol. The Balaban J connectivity index is 1.38. The number of aromatic amines is 1. The van der Waals surface area contributed by atoms with E-state index in [1.165, 1.54) is 10.6 Å². The number of likely N-dealkylation sites (tertiary alicyclic amines) is 1. The van der Waals surface area contributed by atoms with Crippen LogP contribution in [-0.2, 0) is 17.6 Å². The number of nitrogens with one attached hydrogen (secondary N) is 1. The number of hydrogen-bond donors (Lipinski definition) is 1. The molecule has 0 saturated carbocycles. The number of carbonyl (C=O) groups excluding carboxylic acids is 1. The summed E-state index contributed by atoms with van der Waals surface area (Å²) in [7, 11) is 0. The summed E-state index contributed by atoms with van der Waals surface area (Å²) in [4.78, 5) is 26.6. The van der Waals surface area contributed by atoms with Crippen LogP contribution in [0.1, 0.15) is 24.2 Å². The average Bonchev–Trinajstić information content (AvgIpc) is 3.10. The second-order valence-corrected chi connectivity index (χ2v) is 8.00. The molecule has 1 amide bonds. The summed E-state index contributed by atoms with van der Waals surface area (Å²) >= 11 is 5.90. The van der Waals surface area contributed by atoms with Crippen LogP contribution in [0, 0.1) is 11.7 Å². The number of hydrogen-bond acceptors (Lipinski definition) is 3. The van der Waals surface area contributed by atoms with Gasteiger partial charge in [0.15, 0.2) is 0 Å². The molecule has 0 unspecified atom stereocenters. The van der Waals surface area contributed by atoms with Crippen molar-refractivity contribution in [3.63, 3.8) is 0 Å². The van der Waals surface area contributed by atoms with Gasteiger partial charge in [0.1, 0.15) is 11.6 Å². The summed E-state index contributed by atoms with van der Waals surface area (Å²) in [6, 6.07) is 13.5. The lowest BCUT2D eigenvalue weighted by Gasteiger charge is -2.32. The Labute approximate surface area is 178 Å². The highest BCUT2D eigenvalue weighted by molar-refractivity contribution is 6.30. The molecule has 0 radical (unpaired) electrons. The molecule has 2 heterocycles. The Bertz CT molecular complexity index is 1090. The van der Waals surface area contributed by atoms with Crippen LogP contribution in [0.5, 0.6) is 0 Å². The number of rotatable bonds is 5. The van der Waals surface area contributed by atoms with Crippen LogP contribution in [0.2, 0.25) is 5.02 Å². The molecule has 1 aliphatic rings. The van der Waals surface area contributed by atoms with Crippen molar-refractivity contribution < 1.29 is 9.18 Å². The zero-order valence-corrected chi connectivity index (χ0v) is 17.1. The zero-order chi connectivity index (χ0) is 21.1. The molecule has 156 valence electrons. The lowest BCUT2D eigenvalue weighted by Crippen LogP contribution is -2.40. The smallest absolute Gasteiger partial charge is 0.342 e. The lowest BCUT2D eigenvalue weighted by molar-refractivity contribution is -0.131. The van der Waals surface area contributed by atoms with Crippen LogP contribution in [0.25, 0.3) is 5.69 Å². The summed E-state index contributed by atoms with van der Waals surface area (Å²) in [5.74, 6) is 0.407. The minimum Gasteiger partial charge on any atom is -0.342 e. The molecular formula is C22H22ClFN4O2. The highest BCUT2D eigenvalue weighted by Crippen LogP contribution is 2.23. The van der Waals surface area contributed by atoms with Crippen LogP contribution < -0.4 is 5.69 Å². The van der Waals surface area contributed by atoms with Crippen molar-refractivity contribution >= 4 is 17.5 Å². The van der Waals surface area contributed by atoms with Gasteiger partial charge in [0, 0.05) is 24.5 Å². The van der Waals surface area contributed by atoms with Gasteiger partial charge in [-0.2, -0.15) is 5.10 Å². The Morgan fingerprint density at radius 1 is 1.13 bits per heavy atom. The fraction of sp³-hybridized carbons (Fsp3) is 0.318. The van der Waals surface area contributed by atoms with Crippen molar-refractivity contribution in [3.8, 4) is 5.69 Å². The van der Waals surface area contributed by atoms with Gasteiger partial charge in [-0.1, -0.05) is 35.9 Å². The van der Waals surface area contributed by atoms with Gasteiger partial charge >= 0.3 is 5.69 Å². The summed E-state index contributed by atoms with van der Waals surface area (Å²) < 4.78 is 15.5. The van der Waals surface area contributed by atoms with Crippen LogP contribution in [-0.4, -0.2) is 38.7 Å². The molecule has 1 N–H and O–H groups in total. The number of nitrogens with zero attached hydrogens (tertiary/aromatic N) is 3. The van der Waals surface area contributed by atoms with Gasteiger partial charge < -0.3 is 4.90 Å². The summed E-state index contributed by atoms with van der Waals surface area (Å²) in [6.45, 7) is 1.32. The fourth-order valence-electron chi connectivity index (χ4n) is 3.88. The number of halogens is 2. The van der Waals surface area contributed by atoms with Crippen LogP contribution in [0.3, 0.4) is 0 Å². The molecule has 1 fully saturated rings.